The van der Waals surface area contributed by atoms with Gasteiger partial charge in [-0.1, -0.05) is 18.5 Å². The van der Waals surface area contributed by atoms with Gasteiger partial charge in [-0.25, -0.2) is 9.97 Å². The lowest BCUT2D eigenvalue weighted by molar-refractivity contribution is 0.134. The number of nitrogens with zero attached hydrogens (tertiary/aromatic N) is 2. The summed E-state index contributed by atoms with van der Waals surface area (Å²) in [6.45, 7) is 4.59. The summed E-state index contributed by atoms with van der Waals surface area (Å²) in [5.74, 6) is 2.23. The predicted molar refractivity (Wildman–Crippen MR) is 73.2 cm³/mol. The molecule has 100 valence electrons. The van der Waals surface area contributed by atoms with Gasteiger partial charge in [-0.2, -0.15) is 0 Å². The number of rotatable bonds is 8. The van der Waals surface area contributed by atoms with Crippen LogP contribution < -0.4 is 5.32 Å². The van der Waals surface area contributed by atoms with Crippen molar-refractivity contribution in [1.82, 2.24) is 9.97 Å². The number of aromatic nitrogens is 2. The number of anilines is 1. The van der Waals surface area contributed by atoms with E-state index in [0.717, 1.165) is 44.2 Å². The summed E-state index contributed by atoms with van der Waals surface area (Å²) in [6.07, 6.45) is 4.41. The van der Waals surface area contributed by atoms with Crippen molar-refractivity contribution in [2.45, 2.75) is 38.5 Å². The summed E-state index contributed by atoms with van der Waals surface area (Å²) < 4.78 is 5.42. The molecular formula is C13H20ClN3O. The van der Waals surface area contributed by atoms with Crippen molar-refractivity contribution in [1.29, 1.82) is 0 Å². The molecule has 1 aliphatic rings. The Morgan fingerprint density at radius 2 is 2.22 bits per heavy atom. The van der Waals surface area contributed by atoms with Crippen molar-refractivity contribution in [3.63, 3.8) is 0 Å². The van der Waals surface area contributed by atoms with Crippen molar-refractivity contribution in [2.24, 2.45) is 0 Å². The van der Waals surface area contributed by atoms with E-state index in [4.69, 9.17) is 16.3 Å². The topological polar surface area (TPSA) is 47.0 Å². The SMILES string of the molecule is CCCOCCCNc1cc(Cl)nc(C2CC2)n1. The fraction of sp³-hybridized carbons (Fsp3) is 0.692. The number of halogens is 1. The highest BCUT2D eigenvalue weighted by Gasteiger charge is 2.27. The molecule has 0 saturated heterocycles. The van der Waals surface area contributed by atoms with E-state index in [-0.39, 0.29) is 0 Å². The van der Waals surface area contributed by atoms with Gasteiger partial charge in [0.15, 0.2) is 0 Å². The van der Waals surface area contributed by atoms with Crippen LogP contribution >= 0.6 is 11.6 Å². The molecule has 4 nitrogen and oxygen atoms in total. The highest BCUT2D eigenvalue weighted by molar-refractivity contribution is 6.29. The normalized spacial score (nSPS) is 14.8. The second-order valence-electron chi connectivity index (χ2n) is 4.60. The van der Waals surface area contributed by atoms with Gasteiger partial charge in [-0.3, -0.25) is 0 Å². The molecule has 18 heavy (non-hydrogen) atoms. The van der Waals surface area contributed by atoms with Gasteiger partial charge >= 0.3 is 0 Å². The van der Waals surface area contributed by atoms with Gasteiger partial charge in [0.1, 0.15) is 16.8 Å². The van der Waals surface area contributed by atoms with Crippen LogP contribution in [0.3, 0.4) is 0 Å². The summed E-state index contributed by atoms with van der Waals surface area (Å²) in [7, 11) is 0. The molecule has 0 aliphatic heterocycles. The minimum Gasteiger partial charge on any atom is -0.381 e. The Labute approximate surface area is 113 Å². The monoisotopic (exact) mass is 269 g/mol. The first-order valence-electron chi connectivity index (χ1n) is 6.65. The lowest BCUT2D eigenvalue weighted by Gasteiger charge is -2.07. The Kier molecular flexibility index (Phi) is 5.20. The molecule has 2 rings (SSSR count). The molecule has 1 aromatic rings. The van der Waals surface area contributed by atoms with E-state index in [1.54, 1.807) is 6.07 Å². The van der Waals surface area contributed by atoms with E-state index >= 15 is 0 Å². The molecule has 5 heteroatoms. The lowest BCUT2D eigenvalue weighted by atomic mass is 10.4. The summed E-state index contributed by atoms with van der Waals surface area (Å²) in [5, 5.41) is 3.79. The molecule has 0 bridgehead atoms. The largest absolute Gasteiger partial charge is 0.381 e. The zero-order valence-electron chi connectivity index (χ0n) is 10.8. The van der Waals surface area contributed by atoms with Crippen LogP contribution in [0.1, 0.15) is 44.3 Å². The second kappa shape index (κ2) is 6.90. The molecule has 0 aromatic carbocycles. The Morgan fingerprint density at radius 1 is 1.39 bits per heavy atom. The molecule has 0 amide bonds. The Morgan fingerprint density at radius 3 is 2.94 bits per heavy atom. The smallest absolute Gasteiger partial charge is 0.135 e. The van der Waals surface area contributed by atoms with Gasteiger partial charge < -0.3 is 10.1 Å². The molecule has 0 spiro atoms. The highest BCUT2D eigenvalue weighted by Crippen LogP contribution is 2.38. The fourth-order valence-corrected chi connectivity index (χ4v) is 1.88. The summed E-state index contributed by atoms with van der Waals surface area (Å²) in [6, 6.07) is 1.78. The van der Waals surface area contributed by atoms with Gasteiger partial charge in [-0.05, 0) is 25.7 Å². The first-order valence-corrected chi connectivity index (χ1v) is 7.03. The molecule has 1 aliphatic carbocycles. The minimum absolute atomic E-state index is 0.525. The zero-order valence-corrected chi connectivity index (χ0v) is 11.5. The third kappa shape index (κ3) is 4.42. The number of ether oxygens (including phenoxy) is 1. The van der Waals surface area contributed by atoms with Crippen LogP contribution in [0.5, 0.6) is 0 Å². The first-order chi connectivity index (χ1) is 8.79. The average molecular weight is 270 g/mol. The molecule has 1 fully saturated rings. The van der Waals surface area contributed by atoms with Gasteiger partial charge in [-0.15, -0.1) is 0 Å². The van der Waals surface area contributed by atoms with Gasteiger partial charge in [0, 0.05) is 31.7 Å². The lowest BCUT2D eigenvalue weighted by Crippen LogP contribution is -2.08. The molecular weight excluding hydrogens is 250 g/mol. The Bertz CT molecular complexity index is 382. The molecule has 0 radical (unpaired) electrons. The molecule has 1 saturated carbocycles. The number of hydrogen-bond acceptors (Lipinski definition) is 4. The van der Waals surface area contributed by atoms with Gasteiger partial charge in [0.25, 0.3) is 0 Å². The maximum Gasteiger partial charge on any atom is 0.135 e. The van der Waals surface area contributed by atoms with E-state index in [1.807, 2.05) is 0 Å². The van der Waals surface area contributed by atoms with E-state index in [1.165, 1.54) is 12.8 Å². The number of hydrogen-bond donors (Lipinski definition) is 1. The standard InChI is InChI=1S/C13H20ClN3O/c1-2-7-18-8-3-6-15-12-9-11(14)16-13(17-12)10-4-5-10/h9-10H,2-8H2,1H3,(H,15,16,17). The van der Waals surface area contributed by atoms with Crippen LogP contribution in [0.25, 0.3) is 0 Å². The fourth-order valence-electron chi connectivity index (χ4n) is 1.69. The van der Waals surface area contributed by atoms with Crippen LogP contribution in [0.4, 0.5) is 5.82 Å². The van der Waals surface area contributed by atoms with Crippen LogP contribution in [-0.4, -0.2) is 29.7 Å². The van der Waals surface area contributed by atoms with Crippen LogP contribution in [0.15, 0.2) is 6.07 Å². The zero-order chi connectivity index (χ0) is 12.8. The Hall–Kier alpha value is -0.870. The van der Waals surface area contributed by atoms with Crippen molar-refractivity contribution < 1.29 is 4.74 Å². The van der Waals surface area contributed by atoms with Crippen molar-refractivity contribution in [2.75, 3.05) is 25.1 Å². The van der Waals surface area contributed by atoms with Crippen molar-refractivity contribution in [3.8, 4) is 0 Å². The number of nitrogens with one attached hydrogen (secondary N) is 1. The molecule has 1 heterocycles. The summed E-state index contributed by atoms with van der Waals surface area (Å²) >= 11 is 5.99. The van der Waals surface area contributed by atoms with E-state index in [9.17, 15) is 0 Å². The van der Waals surface area contributed by atoms with E-state index in [2.05, 4.69) is 22.2 Å². The first kappa shape index (κ1) is 13.6. The molecule has 0 atom stereocenters. The quantitative estimate of drug-likeness (QED) is 0.581. The van der Waals surface area contributed by atoms with Crippen LogP contribution in [0.2, 0.25) is 5.15 Å². The second-order valence-corrected chi connectivity index (χ2v) is 4.99. The predicted octanol–water partition coefficient (Wildman–Crippen LogP) is 3.24. The van der Waals surface area contributed by atoms with Gasteiger partial charge in [0.2, 0.25) is 0 Å². The van der Waals surface area contributed by atoms with Crippen LogP contribution in [-0.2, 0) is 4.74 Å². The molecule has 1 N–H and O–H groups in total. The molecule has 0 unspecified atom stereocenters. The molecule has 1 aromatic heterocycles. The van der Waals surface area contributed by atoms with Crippen LogP contribution in [0, 0.1) is 0 Å². The van der Waals surface area contributed by atoms with Crippen molar-refractivity contribution >= 4 is 17.4 Å². The third-order valence-corrected chi connectivity index (χ3v) is 2.97. The van der Waals surface area contributed by atoms with Crippen molar-refractivity contribution in [3.05, 3.63) is 17.0 Å². The maximum atomic E-state index is 5.99. The van der Waals surface area contributed by atoms with E-state index in [0.29, 0.717) is 11.1 Å². The summed E-state index contributed by atoms with van der Waals surface area (Å²) in [5.41, 5.74) is 0. The van der Waals surface area contributed by atoms with Gasteiger partial charge in [0.05, 0.1) is 0 Å². The maximum absolute atomic E-state index is 5.99. The minimum atomic E-state index is 0.525. The summed E-state index contributed by atoms with van der Waals surface area (Å²) in [4.78, 5) is 8.74. The average Bonchev–Trinajstić information content (AvgIpc) is 3.17. The Balaban J connectivity index is 1.74. The van der Waals surface area contributed by atoms with E-state index < -0.39 is 0 Å². The third-order valence-electron chi connectivity index (χ3n) is 2.77. The highest BCUT2D eigenvalue weighted by atomic mass is 35.5.